The van der Waals surface area contributed by atoms with Crippen LogP contribution in [0.2, 0.25) is 0 Å². The van der Waals surface area contributed by atoms with Crippen molar-refractivity contribution in [3.63, 3.8) is 0 Å². The highest BCUT2D eigenvalue weighted by atomic mass is 16.7. The van der Waals surface area contributed by atoms with Gasteiger partial charge in [-0.3, -0.25) is 4.79 Å². The van der Waals surface area contributed by atoms with Crippen LogP contribution in [-0.4, -0.2) is 11.8 Å². The second-order valence-electron chi connectivity index (χ2n) is 3.76. The van der Waals surface area contributed by atoms with Gasteiger partial charge in [0.2, 0.25) is 6.79 Å². The van der Waals surface area contributed by atoms with Gasteiger partial charge >= 0.3 is 0 Å². The summed E-state index contributed by atoms with van der Waals surface area (Å²) in [7, 11) is 0. The predicted molar refractivity (Wildman–Crippen MR) is 60.1 cm³/mol. The molecule has 1 aliphatic rings. The van der Waals surface area contributed by atoms with Gasteiger partial charge in [-0.1, -0.05) is 6.92 Å². The summed E-state index contributed by atoms with van der Waals surface area (Å²) in [6.45, 7) is 2.23. The Morgan fingerprint density at radius 2 is 2.00 bits per heavy atom. The largest absolute Gasteiger partial charge is 0.454 e. The van der Waals surface area contributed by atoms with Crippen molar-refractivity contribution in [2.24, 2.45) is 0 Å². The van der Waals surface area contributed by atoms with Crippen molar-refractivity contribution in [3.05, 3.63) is 34.1 Å². The molecule has 0 saturated carbocycles. The van der Waals surface area contributed by atoms with E-state index in [4.69, 9.17) is 9.47 Å². The molecular formula is C12H11NO3. The Balaban J connectivity index is 2.35. The van der Waals surface area contributed by atoms with Gasteiger partial charge in [-0.15, -0.1) is 0 Å². The van der Waals surface area contributed by atoms with E-state index < -0.39 is 0 Å². The number of aryl methyl sites for hydroxylation is 1. The van der Waals surface area contributed by atoms with Gasteiger partial charge in [0.15, 0.2) is 16.9 Å². The summed E-state index contributed by atoms with van der Waals surface area (Å²) in [5, 5.41) is 0.640. The van der Waals surface area contributed by atoms with Crippen molar-refractivity contribution in [2.45, 2.75) is 13.3 Å². The van der Waals surface area contributed by atoms with Crippen LogP contribution < -0.4 is 14.9 Å². The standard InChI is InChI=1S/C12H11NO3/c1-2-7-3-10(14)8-4-11-12(16-6-15-11)5-9(8)13-7/h3-5H,2,6H2,1H3,(H,13,14). The van der Waals surface area contributed by atoms with E-state index in [1.54, 1.807) is 12.1 Å². The van der Waals surface area contributed by atoms with Crippen molar-refractivity contribution in [2.75, 3.05) is 6.79 Å². The van der Waals surface area contributed by atoms with E-state index in [1.165, 1.54) is 0 Å². The zero-order valence-corrected chi connectivity index (χ0v) is 8.87. The van der Waals surface area contributed by atoms with Crippen molar-refractivity contribution in [3.8, 4) is 11.5 Å². The number of H-pyrrole nitrogens is 1. The molecule has 2 heterocycles. The molecule has 0 saturated heterocycles. The molecule has 0 aliphatic carbocycles. The number of ether oxygens (including phenoxy) is 2. The minimum atomic E-state index is 0.0175. The predicted octanol–water partition coefficient (Wildman–Crippen LogP) is 1.82. The summed E-state index contributed by atoms with van der Waals surface area (Å²) in [5.41, 5.74) is 1.74. The van der Waals surface area contributed by atoms with E-state index in [2.05, 4.69) is 4.98 Å². The molecule has 4 heteroatoms. The van der Waals surface area contributed by atoms with Gasteiger partial charge in [0, 0.05) is 23.2 Å². The van der Waals surface area contributed by atoms with Crippen LogP contribution in [0.15, 0.2) is 23.0 Å². The van der Waals surface area contributed by atoms with E-state index in [0.29, 0.717) is 16.9 Å². The summed E-state index contributed by atoms with van der Waals surface area (Å²) in [5.74, 6) is 1.33. The second-order valence-corrected chi connectivity index (χ2v) is 3.76. The summed E-state index contributed by atoms with van der Waals surface area (Å²) >= 11 is 0. The highest BCUT2D eigenvalue weighted by Crippen LogP contribution is 2.34. The molecule has 0 bridgehead atoms. The number of benzene rings is 1. The van der Waals surface area contributed by atoms with Crippen LogP contribution in [0.4, 0.5) is 0 Å². The van der Waals surface area contributed by atoms with E-state index in [-0.39, 0.29) is 12.2 Å². The smallest absolute Gasteiger partial charge is 0.231 e. The first-order valence-electron chi connectivity index (χ1n) is 5.23. The highest BCUT2D eigenvalue weighted by Gasteiger charge is 2.15. The second kappa shape index (κ2) is 3.27. The van der Waals surface area contributed by atoms with Crippen LogP contribution >= 0.6 is 0 Å². The van der Waals surface area contributed by atoms with Crippen LogP contribution in [0.5, 0.6) is 11.5 Å². The molecule has 3 rings (SSSR count). The Labute approximate surface area is 91.8 Å². The summed E-state index contributed by atoms with van der Waals surface area (Å²) in [4.78, 5) is 15.1. The number of fused-ring (bicyclic) bond motifs is 2. The third-order valence-corrected chi connectivity index (χ3v) is 2.76. The third-order valence-electron chi connectivity index (χ3n) is 2.76. The zero-order chi connectivity index (χ0) is 11.1. The fourth-order valence-corrected chi connectivity index (χ4v) is 1.88. The van der Waals surface area contributed by atoms with Gasteiger partial charge in [0.05, 0.1) is 5.52 Å². The Morgan fingerprint density at radius 3 is 2.75 bits per heavy atom. The zero-order valence-electron chi connectivity index (χ0n) is 8.87. The maximum absolute atomic E-state index is 11.8. The Morgan fingerprint density at radius 1 is 1.25 bits per heavy atom. The number of aromatic nitrogens is 1. The maximum Gasteiger partial charge on any atom is 0.231 e. The highest BCUT2D eigenvalue weighted by molar-refractivity contribution is 5.82. The Bertz CT molecular complexity index is 615. The lowest BCUT2D eigenvalue weighted by Crippen LogP contribution is -2.04. The molecule has 0 fully saturated rings. The number of hydrogen-bond donors (Lipinski definition) is 1. The van der Waals surface area contributed by atoms with Gasteiger partial charge in [-0.05, 0) is 12.5 Å². The molecule has 1 N–H and O–H groups in total. The van der Waals surface area contributed by atoms with E-state index in [9.17, 15) is 4.79 Å². The normalized spacial score (nSPS) is 13.3. The van der Waals surface area contributed by atoms with Crippen LogP contribution in [0.1, 0.15) is 12.6 Å². The van der Waals surface area contributed by atoms with Gasteiger partial charge in [0.1, 0.15) is 0 Å². The van der Waals surface area contributed by atoms with E-state index in [1.807, 2.05) is 13.0 Å². The fraction of sp³-hybridized carbons (Fsp3) is 0.250. The molecule has 0 radical (unpaired) electrons. The monoisotopic (exact) mass is 217 g/mol. The SMILES string of the molecule is CCc1cc(=O)c2cc3c(cc2[nH]1)OCO3. The first kappa shape index (κ1) is 9.27. The number of nitrogens with one attached hydrogen (secondary N) is 1. The van der Waals surface area contributed by atoms with Crippen molar-refractivity contribution >= 4 is 10.9 Å². The molecule has 2 aromatic rings. The van der Waals surface area contributed by atoms with Gasteiger partial charge < -0.3 is 14.5 Å². The average Bonchev–Trinajstić information content (AvgIpc) is 2.73. The number of hydrogen-bond acceptors (Lipinski definition) is 3. The molecule has 82 valence electrons. The van der Waals surface area contributed by atoms with E-state index in [0.717, 1.165) is 17.6 Å². The molecule has 1 aromatic carbocycles. The first-order chi connectivity index (χ1) is 7.78. The molecular weight excluding hydrogens is 206 g/mol. The first-order valence-corrected chi connectivity index (χ1v) is 5.23. The maximum atomic E-state index is 11.8. The van der Waals surface area contributed by atoms with Crippen molar-refractivity contribution in [1.82, 2.24) is 4.98 Å². The van der Waals surface area contributed by atoms with Gasteiger partial charge in [-0.25, -0.2) is 0 Å². The molecule has 4 nitrogen and oxygen atoms in total. The molecule has 16 heavy (non-hydrogen) atoms. The van der Waals surface area contributed by atoms with Crippen molar-refractivity contribution in [1.29, 1.82) is 0 Å². The quantitative estimate of drug-likeness (QED) is 0.792. The van der Waals surface area contributed by atoms with Crippen LogP contribution in [0.25, 0.3) is 10.9 Å². The molecule has 0 unspecified atom stereocenters. The Hall–Kier alpha value is -1.97. The number of rotatable bonds is 1. The molecule has 0 atom stereocenters. The molecule has 0 spiro atoms. The molecule has 0 amide bonds. The average molecular weight is 217 g/mol. The summed E-state index contributed by atoms with van der Waals surface area (Å²) in [6.07, 6.45) is 0.805. The van der Waals surface area contributed by atoms with Crippen LogP contribution in [-0.2, 0) is 6.42 Å². The topological polar surface area (TPSA) is 51.3 Å². The summed E-state index contributed by atoms with van der Waals surface area (Å²) in [6, 6.07) is 5.18. The molecule has 1 aliphatic heterocycles. The fourth-order valence-electron chi connectivity index (χ4n) is 1.88. The number of aromatic amines is 1. The lowest BCUT2D eigenvalue weighted by atomic mass is 10.1. The van der Waals surface area contributed by atoms with Crippen LogP contribution in [0, 0.1) is 0 Å². The van der Waals surface area contributed by atoms with Crippen LogP contribution in [0.3, 0.4) is 0 Å². The lowest BCUT2D eigenvalue weighted by Gasteiger charge is -2.03. The Kier molecular flexibility index (Phi) is 1.89. The minimum absolute atomic E-state index is 0.0175. The summed E-state index contributed by atoms with van der Waals surface area (Å²) < 4.78 is 10.5. The van der Waals surface area contributed by atoms with Crippen molar-refractivity contribution < 1.29 is 9.47 Å². The van der Waals surface area contributed by atoms with Gasteiger partial charge in [-0.2, -0.15) is 0 Å². The number of pyridine rings is 1. The third kappa shape index (κ3) is 1.26. The van der Waals surface area contributed by atoms with Gasteiger partial charge in [0.25, 0.3) is 0 Å². The lowest BCUT2D eigenvalue weighted by molar-refractivity contribution is 0.174. The molecule has 1 aromatic heterocycles. The minimum Gasteiger partial charge on any atom is -0.454 e. The van der Waals surface area contributed by atoms with E-state index >= 15 is 0 Å².